The van der Waals surface area contributed by atoms with E-state index in [0.29, 0.717) is 6.54 Å². The van der Waals surface area contributed by atoms with Crippen molar-refractivity contribution in [3.8, 4) is 5.75 Å². The van der Waals surface area contributed by atoms with Crippen molar-refractivity contribution in [3.63, 3.8) is 0 Å². The number of carbonyl (C=O) groups excluding carboxylic acids is 2. The quantitative estimate of drug-likeness (QED) is 0.900. The van der Waals surface area contributed by atoms with Crippen molar-refractivity contribution >= 4 is 17.5 Å². The van der Waals surface area contributed by atoms with Gasteiger partial charge in [-0.15, -0.1) is 0 Å². The van der Waals surface area contributed by atoms with Crippen LogP contribution in [0.25, 0.3) is 0 Å². The molecule has 27 heavy (non-hydrogen) atoms. The summed E-state index contributed by atoms with van der Waals surface area (Å²) in [4.78, 5) is 25.7. The third kappa shape index (κ3) is 4.48. The first kappa shape index (κ1) is 19.0. The van der Waals surface area contributed by atoms with Gasteiger partial charge in [-0.05, 0) is 73.2 Å². The number of hydrogen-bond acceptors (Lipinski definition) is 3. The minimum Gasteiger partial charge on any atom is -0.483 e. The zero-order valence-electron chi connectivity index (χ0n) is 16.4. The summed E-state index contributed by atoms with van der Waals surface area (Å²) in [6, 6.07) is 9.93. The van der Waals surface area contributed by atoms with E-state index in [2.05, 4.69) is 11.4 Å². The van der Waals surface area contributed by atoms with Crippen LogP contribution in [0, 0.1) is 20.8 Å². The minimum atomic E-state index is -0.201. The summed E-state index contributed by atoms with van der Waals surface area (Å²) >= 11 is 0. The maximum atomic E-state index is 12.3. The fourth-order valence-electron chi connectivity index (χ4n) is 3.39. The zero-order valence-corrected chi connectivity index (χ0v) is 16.4. The van der Waals surface area contributed by atoms with Crippen LogP contribution in [0.15, 0.2) is 30.3 Å². The summed E-state index contributed by atoms with van der Waals surface area (Å²) < 4.78 is 5.73. The van der Waals surface area contributed by atoms with E-state index in [1.165, 1.54) is 5.56 Å². The lowest BCUT2D eigenvalue weighted by molar-refractivity contribution is -0.129. The molecule has 0 atom stereocenters. The second-order valence-corrected chi connectivity index (χ2v) is 7.22. The van der Waals surface area contributed by atoms with Crippen molar-refractivity contribution in [1.82, 2.24) is 4.90 Å². The number of hydrogen-bond donors (Lipinski definition) is 1. The highest BCUT2D eigenvalue weighted by Crippen LogP contribution is 2.24. The third-order valence-electron chi connectivity index (χ3n) is 5.07. The zero-order chi connectivity index (χ0) is 19.6. The van der Waals surface area contributed by atoms with Crippen LogP contribution in [-0.4, -0.2) is 29.9 Å². The molecule has 1 heterocycles. The number of carbonyl (C=O) groups is 2. The Hall–Kier alpha value is -2.82. The minimum absolute atomic E-state index is 0.0413. The smallest absolute Gasteiger partial charge is 0.262 e. The summed E-state index contributed by atoms with van der Waals surface area (Å²) in [6.45, 7) is 8.92. The molecule has 0 aromatic heterocycles. The van der Waals surface area contributed by atoms with E-state index < -0.39 is 0 Å². The predicted molar refractivity (Wildman–Crippen MR) is 106 cm³/mol. The first-order valence-corrected chi connectivity index (χ1v) is 9.21. The van der Waals surface area contributed by atoms with E-state index in [1.54, 1.807) is 6.92 Å². The largest absolute Gasteiger partial charge is 0.483 e. The Balaban J connectivity index is 1.63. The number of rotatable bonds is 4. The maximum absolute atomic E-state index is 12.3. The molecule has 1 aliphatic heterocycles. The molecule has 0 radical (unpaired) electrons. The van der Waals surface area contributed by atoms with Crippen LogP contribution in [0.5, 0.6) is 5.75 Å². The Morgan fingerprint density at radius 1 is 1.11 bits per heavy atom. The SMILES string of the molecule is CC(=O)N1CCc2ccc(NC(=O)COc3cc(C)cc(C)c3C)cc2C1. The van der Waals surface area contributed by atoms with Gasteiger partial charge in [-0.3, -0.25) is 9.59 Å². The van der Waals surface area contributed by atoms with Gasteiger partial charge >= 0.3 is 0 Å². The fraction of sp³-hybridized carbons (Fsp3) is 0.364. The molecule has 0 saturated heterocycles. The maximum Gasteiger partial charge on any atom is 0.262 e. The molecule has 0 fully saturated rings. The highest BCUT2D eigenvalue weighted by molar-refractivity contribution is 5.92. The van der Waals surface area contributed by atoms with Crippen LogP contribution in [-0.2, 0) is 22.6 Å². The fourth-order valence-corrected chi connectivity index (χ4v) is 3.39. The molecule has 0 spiro atoms. The molecule has 3 rings (SSSR count). The van der Waals surface area contributed by atoms with Gasteiger partial charge < -0.3 is 15.0 Å². The molecule has 2 aromatic carbocycles. The van der Waals surface area contributed by atoms with E-state index in [1.807, 2.05) is 49.9 Å². The normalized spacial score (nSPS) is 13.1. The molecule has 5 heteroatoms. The van der Waals surface area contributed by atoms with Crippen molar-refractivity contribution in [2.75, 3.05) is 18.5 Å². The van der Waals surface area contributed by atoms with Crippen molar-refractivity contribution in [2.45, 2.75) is 40.7 Å². The van der Waals surface area contributed by atoms with E-state index in [0.717, 1.165) is 46.7 Å². The Labute approximate surface area is 160 Å². The lowest BCUT2D eigenvalue weighted by atomic mass is 9.99. The Bertz CT molecular complexity index is 889. The molecule has 142 valence electrons. The van der Waals surface area contributed by atoms with Crippen LogP contribution in [0.3, 0.4) is 0 Å². The lowest BCUT2D eigenvalue weighted by Crippen LogP contribution is -2.34. The van der Waals surface area contributed by atoms with Gasteiger partial charge in [0.25, 0.3) is 5.91 Å². The van der Waals surface area contributed by atoms with Gasteiger partial charge in [0.2, 0.25) is 5.91 Å². The number of amides is 2. The molecule has 0 unspecified atom stereocenters. The topological polar surface area (TPSA) is 58.6 Å². The summed E-state index contributed by atoms with van der Waals surface area (Å²) in [5.41, 5.74) is 6.35. The predicted octanol–water partition coefficient (Wildman–Crippen LogP) is 3.53. The molecule has 0 saturated carbocycles. The summed E-state index contributed by atoms with van der Waals surface area (Å²) in [5, 5.41) is 2.89. The number of benzene rings is 2. The molecule has 2 aromatic rings. The number of ether oxygens (including phenoxy) is 1. The number of aryl methyl sites for hydroxylation is 2. The monoisotopic (exact) mass is 366 g/mol. The van der Waals surface area contributed by atoms with Crippen LogP contribution >= 0.6 is 0 Å². The van der Waals surface area contributed by atoms with Gasteiger partial charge in [-0.1, -0.05) is 12.1 Å². The van der Waals surface area contributed by atoms with Crippen molar-refractivity contribution in [1.29, 1.82) is 0 Å². The average Bonchev–Trinajstić information content (AvgIpc) is 2.62. The molecular formula is C22H26N2O3. The number of nitrogens with one attached hydrogen (secondary N) is 1. The second kappa shape index (κ2) is 7.82. The highest BCUT2D eigenvalue weighted by Gasteiger charge is 2.18. The summed E-state index contributed by atoms with van der Waals surface area (Å²) in [6.07, 6.45) is 0.845. The van der Waals surface area contributed by atoms with Crippen molar-refractivity contribution in [3.05, 3.63) is 58.1 Å². The van der Waals surface area contributed by atoms with Gasteiger partial charge in [0.05, 0.1) is 0 Å². The lowest BCUT2D eigenvalue weighted by Gasteiger charge is -2.28. The number of nitrogens with zero attached hydrogens (tertiary/aromatic N) is 1. The van der Waals surface area contributed by atoms with Gasteiger partial charge in [-0.2, -0.15) is 0 Å². The van der Waals surface area contributed by atoms with Crippen molar-refractivity contribution < 1.29 is 14.3 Å². The molecule has 1 N–H and O–H groups in total. The molecule has 0 aliphatic carbocycles. The van der Waals surface area contributed by atoms with Gasteiger partial charge in [0.15, 0.2) is 6.61 Å². The molecule has 1 aliphatic rings. The molecule has 2 amide bonds. The van der Waals surface area contributed by atoms with E-state index in [4.69, 9.17) is 4.74 Å². The first-order chi connectivity index (χ1) is 12.8. The highest BCUT2D eigenvalue weighted by atomic mass is 16.5. The molecule has 5 nitrogen and oxygen atoms in total. The second-order valence-electron chi connectivity index (χ2n) is 7.22. The summed E-state index contributed by atoms with van der Waals surface area (Å²) in [5.74, 6) is 0.616. The summed E-state index contributed by atoms with van der Waals surface area (Å²) in [7, 11) is 0. The Morgan fingerprint density at radius 3 is 2.63 bits per heavy atom. The Kier molecular flexibility index (Phi) is 5.49. The number of anilines is 1. The van der Waals surface area contributed by atoms with E-state index >= 15 is 0 Å². The van der Waals surface area contributed by atoms with E-state index in [9.17, 15) is 9.59 Å². The van der Waals surface area contributed by atoms with Crippen LogP contribution in [0.2, 0.25) is 0 Å². The van der Waals surface area contributed by atoms with Gasteiger partial charge in [-0.25, -0.2) is 0 Å². The van der Waals surface area contributed by atoms with E-state index in [-0.39, 0.29) is 18.4 Å². The third-order valence-corrected chi connectivity index (χ3v) is 5.07. The van der Waals surface area contributed by atoms with Gasteiger partial charge in [0, 0.05) is 25.7 Å². The molecule has 0 bridgehead atoms. The van der Waals surface area contributed by atoms with Crippen LogP contribution < -0.4 is 10.1 Å². The standard InChI is InChI=1S/C22H26N2O3/c1-14-9-15(2)16(3)21(10-14)27-13-22(26)23-20-6-5-18-7-8-24(17(4)25)12-19(18)11-20/h5-6,9-11H,7-8,12-13H2,1-4H3,(H,23,26). The Morgan fingerprint density at radius 2 is 1.89 bits per heavy atom. The van der Waals surface area contributed by atoms with Crippen LogP contribution in [0.4, 0.5) is 5.69 Å². The molecular weight excluding hydrogens is 340 g/mol. The van der Waals surface area contributed by atoms with Crippen molar-refractivity contribution in [2.24, 2.45) is 0 Å². The average molecular weight is 366 g/mol. The number of fused-ring (bicyclic) bond motifs is 1. The van der Waals surface area contributed by atoms with Gasteiger partial charge in [0.1, 0.15) is 5.75 Å². The first-order valence-electron chi connectivity index (χ1n) is 9.21. The van der Waals surface area contributed by atoms with Crippen LogP contribution in [0.1, 0.15) is 34.7 Å².